The topological polar surface area (TPSA) is 114 Å². The van der Waals surface area contributed by atoms with E-state index in [1.165, 1.54) is 25.3 Å². The van der Waals surface area contributed by atoms with Crippen LogP contribution in [0.4, 0.5) is 11.4 Å². The number of carbonyl (C=O) groups is 1. The van der Waals surface area contributed by atoms with Crippen LogP contribution in [-0.2, 0) is 4.79 Å². The van der Waals surface area contributed by atoms with E-state index >= 15 is 0 Å². The lowest BCUT2D eigenvalue weighted by Gasteiger charge is -2.16. The number of nitrogens with zero attached hydrogens (tertiary/aromatic N) is 2. The third kappa shape index (κ3) is 5.16. The molecule has 1 N–H and O–H groups in total. The number of nitrogens with one attached hydrogen (secondary N) is 1. The number of hydrogen-bond acceptors (Lipinski definition) is 6. The maximum absolute atomic E-state index is 12.5. The minimum Gasteiger partial charge on any atom is -0.494 e. The Morgan fingerprint density at radius 3 is 2.23 bits per heavy atom. The summed E-state index contributed by atoms with van der Waals surface area (Å²) in [4.78, 5) is 22.8. The van der Waals surface area contributed by atoms with Crippen LogP contribution in [0.25, 0.3) is 11.1 Å². The maximum atomic E-state index is 12.5. The Balaban J connectivity index is 1.65. The van der Waals surface area contributed by atoms with Gasteiger partial charge >= 0.3 is 0 Å². The highest BCUT2D eigenvalue weighted by Crippen LogP contribution is 2.29. The molecule has 0 aliphatic rings. The maximum Gasteiger partial charge on any atom is 0.273 e. The van der Waals surface area contributed by atoms with E-state index in [-0.39, 0.29) is 11.4 Å². The van der Waals surface area contributed by atoms with E-state index in [9.17, 15) is 14.9 Å². The quantitative estimate of drug-likeness (QED) is 0.446. The molecule has 0 fully saturated rings. The molecular formula is C23H19N3O5. The zero-order valence-electron chi connectivity index (χ0n) is 16.9. The van der Waals surface area contributed by atoms with Gasteiger partial charge in [-0.3, -0.25) is 14.9 Å². The molecule has 0 heterocycles. The zero-order valence-corrected chi connectivity index (χ0v) is 16.9. The summed E-state index contributed by atoms with van der Waals surface area (Å²) in [6.45, 7) is 1.60. The van der Waals surface area contributed by atoms with E-state index in [4.69, 9.17) is 14.7 Å². The highest BCUT2D eigenvalue weighted by molar-refractivity contribution is 5.95. The molecule has 3 aromatic carbocycles. The van der Waals surface area contributed by atoms with Gasteiger partial charge in [-0.15, -0.1) is 0 Å². The molecule has 1 atom stereocenters. The molecule has 3 aromatic rings. The molecule has 0 aromatic heterocycles. The normalized spacial score (nSPS) is 11.1. The third-order valence-electron chi connectivity index (χ3n) is 4.54. The summed E-state index contributed by atoms with van der Waals surface area (Å²) in [5.74, 6) is 0.264. The van der Waals surface area contributed by atoms with Crippen molar-refractivity contribution in [1.29, 1.82) is 5.26 Å². The SMILES string of the molecule is COc1cc([N+](=O)[O-])ccc1NC(=O)[C@@H](C)Oc1ccc(-c2ccc(C#N)cc2)cc1. The zero-order chi connectivity index (χ0) is 22.4. The van der Waals surface area contributed by atoms with Gasteiger partial charge in [0.1, 0.15) is 11.5 Å². The second-order valence-electron chi connectivity index (χ2n) is 6.60. The van der Waals surface area contributed by atoms with Crippen molar-refractivity contribution in [2.45, 2.75) is 13.0 Å². The molecule has 0 saturated heterocycles. The Hall–Kier alpha value is -4.38. The van der Waals surface area contributed by atoms with Crippen LogP contribution in [0.1, 0.15) is 12.5 Å². The Kier molecular flexibility index (Phi) is 6.48. The first-order valence-corrected chi connectivity index (χ1v) is 9.32. The van der Waals surface area contributed by atoms with Crippen molar-refractivity contribution in [3.63, 3.8) is 0 Å². The number of amides is 1. The van der Waals surface area contributed by atoms with Crippen molar-refractivity contribution in [2.75, 3.05) is 12.4 Å². The lowest BCUT2D eigenvalue weighted by molar-refractivity contribution is -0.384. The summed E-state index contributed by atoms with van der Waals surface area (Å²) in [6, 6.07) is 20.5. The Morgan fingerprint density at radius 1 is 1.06 bits per heavy atom. The largest absolute Gasteiger partial charge is 0.494 e. The van der Waals surface area contributed by atoms with Crippen LogP contribution in [0, 0.1) is 21.4 Å². The van der Waals surface area contributed by atoms with E-state index in [2.05, 4.69) is 11.4 Å². The highest BCUT2D eigenvalue weighted by Gasteiger charge is 2.18. The van der Waals surface area contributed by atoms with Gasteiger partial charge in [0.2, 0.25) is 0 Å². The molecule has 0 bridgehead atoms. The number of nitro benzene ring substituents is 1. The monoisotopic (exact) mass is 417 g/mol. The summed E-state index contributed by atoms with van der Waals surface area (Å²) in [5.41, 5.74) is 2.67. The molecule has 3 rings (SSSR count). The first kappa shape index (κ1) is 21.3. The average molecular weight is 417 g/mol. The molecule has 0 spiro atoms. The van der Waals surface area contributed by atoms with E-state index in [0.717, 1.165) is 11.1 Å². The number of nitriles is 1. The van der Waals surface area contributed by atoms with Gasteiger partial charge in [-0.25, -0.2) is 0 Å². The summed E-state index contributed by atoms with van der Waals surface area (Å²) in [5, 5.41) is 22.4. The number of non-ortho nitro benzene ring substituents is 1. The molecular weight excluding hydrogens is 398 g/mol. The number of nitro groups is 1. The summed E-state index contributed by atoms with van der Waals surface area (Å²) in [7, 11) is 1.37. The third-order valence-corrected chi connectivity index (χ3v) is 4.54. The van der Waals surface area contributed by atoms with E-state index in [1.807, 2.05) is 24.3 Å². The van der Waals surface area contributed by atoms with Gasteiger partial charge in [-0.2, -0.15) is 5.26 Å². The second-order valence-corrected chi connectivity index (χ2v) is 6.60. The standard InChI is InChI=1S/C23H19N3O5/c1-15(23(27)25-21-12-9-19(26(28)29)13-22(21)30-2)31-20-10-7-18(8-11-20)17-5-3-16(14-24)4-6-17/h3-13,15H,1-2H3,(H,25,27)/t15-/m1/s1. The Bertz CT molecular complexity index is 1140. The minimum absolute atomic E-state index is 0.137. The van der Waals surface area contributed by atoms with Crippen LogP contribution in [0.5, 0.6) is 11.5 Å². The Morgan fingerprint density at radius 2 is 1.68 bits per heavy atom. The molecule has 0 unspecified atom stereocenters. The molecule has 0 aliphatic carbocycles. The molecule has 0 radical (unpaired) electrons. The van der Waals surface area contributed by atoms with Crippen molar-refractivity contribution >= 4 is 17.3 Å². The second kappa shape index (κ2) is 9.41. The number of ether oxygens (including phenoxy) is 2. The van der Waals surface area contributed by atoms with Gasteiger partial charge in [0.05, 0.1) is 35.4 Å². The van der Waals surface area contributed by atoms with Gasteiger partial charge in [0.15, 0.2) is 6.10 Å². The lowest BCUT2D eigenvalue weighted by Crippen LogP contribution is -2.30. The highest BCUT2D eigenvalue weighted by atomic mass is 16.6. The van der Waals surface area contributed by atoms with Crippen LogP contribution < -0.4 is 14.8 Å². The van der Waals surface area contributed by atoms with Gasteiger partial charge < -0.3 is 14.8 Å². The predicted octanol–water partition coefficient (Wildman–Crippen LogP) is 4.55. The molecule has 1 amide bonds. The fourth-order valence-corrected chi connectivity index (χ4v) is 2.85. The van der Waals surface area contributed by atoms with Crippen molar-refractivity contribution in [3.05, 3.63) is 82.4 Å². The predicted molar refractivity (Wildman–Crippen MR) is 115 cm³/mol. The number of methoxy groups -OCH3 is 1. The molecule has 0 aliphatic heterocycles. The van der Waals surface area contributed by atoms with E-state index in [1.54, 1.807) is 31.2 Å². The first-order valence-electron chi connectivity index (χ1n) is 9.32. The van der Waals surface area contributed by atoms with Crippen LogP contribution >= 0.6 is 0 Å². The number of carbonyl (C=O) groups excluding carboxylic acids is 1. The lowest BCUT2D eigenvalue weighted by atomic mass is 10.0. The van der Waals surface area contributed by atoms with E-state index < -0.39 is 16.9 Å². The Labute approximate surface area is 178 Å². The van der Waals surface area contributed by atoms with Gasteiger partial charge in [0.25, 0.3) is 11.6 Å². The smallest absolute Gasteiger partial charge is 0.273 e. The van der Waals surface area contributed by atoms with Gasteiger partial charge in [-0.1, -0.05) is 24.3 Å². The van der Waals surface area contributed by atoms with Crippen LogP contribution in [0.2, 0.25) is 0 Å². The van der Waals surface area contributed by atoms with Crippen LogP contribution in [0.15, 0.2) is 66.7 Å². The van der Waals surface area contributed by atoms with Crippen molar-refractivity contribution in [2.24, 2.45) is 0 Å². The summed E-state index contributed by atoms with van der Waals surface area (Å²) >= 11 is 0. The number of anilines is 1. The number of hydrogen-bond donors (Lipinski definition) is 1. The van der Waals surface area contributed by atoms with Crippen molar-refractivity contribution in [3.8, 4) is 28.7 Å². The number of benzene rings is 3. The van der Waals surface area contributed by atoms with Crippen molar-refractivity contribution in [1.82, 2.24) is 0 Å². The summed E-state index contributed by atoms with van der Waals surface area (Å²) < 4.78 is 10.8. The van der Waals surface area contributed by atoms with E-state index in [0.29, 0.717) is 17.0 Å². The molecule has 156 valence electrons. The minimum atomic E-state index is -0.819. The van der Waals surface area contributed by atoms with Gasteiger partial charge in [-0.05, 0) is 48.4 Å². The molecule has 8 nitrogen and oxygen atoms in total. The van der Waals surface area contributed by atoms with Crippen molar-refractivity contribution < 1.29 is 19.2 Å². The first-order chi connectivity index (χ1) is 14.9. The average Bonchev–Trinajstić information content (AvgIpc) is 2.79. The molecule has 0 saturated carbocycles. The van der Waals surface area contributed by atoms with Crippen LogP contribution in [-0.4, -0.2) is 24.0 Å². The fourth-order valence-electron chi connectivity index (χ4n) is 2.85. The molecule has 31 heavy (non-hydrogen) atoms. The fraction of sp³-hybridized carbons (Fsp3) is 0.130. The number of rotatable bonds is 7. The van der Waals surface area contributed by atoms with Crippen LogP contribution in [0.3, 0.4) is 0 Å². The molecule has 8 heteroatoms. The summed E-state index contributed by atoms with van der Waals surface area (Å²) in [6.07, 6.45) is -0.819. The van der Waals surface area contributed by atoms with Gasteiger partial charge in [0, 0.05) is 6.07 Å².